The van der Waals surface area contributed by atoms with Crippen LogP contribution in [0.15, 0.2) is 34.8 Å². The Hall–Kier alpha value is -2.21. The van der Waals surface area contributed by atoms with E-state index in [-0.39, 0.29) is 5.91 Å². The summed E-state index contributed by atoms with van der Waals surface area (Å²) in [7, 11) is 1.58. The van der Waals surface area contributed by atoms with Crippen molar-refractivity contribution in [2.45, 2.75) is 20.8 Å². The SMILES string of the molecule is CCOc1c(Br)cc(C(=O)N2CCN(c3cccc(C)c3C)CC2)cc1OC. The van der Waals surface area contributed by atoms with E-state index < -0.39 is 0 Å². The zero-order valence-corrected chi connectivity index (χ0v) is 18.5. The van der Waals surface area contributed by atoms with Crippen molar-refractivity contribution < 1.29 is 14.3 Å². The minimum Gasteiger partial charge on any atom is -0.493 e. The quantitative estimate of drug-likeness (QED) is 0.680. The summed E-state index contributed by atoms with van der Waals surface area (Å²) in [6.07, 6.45) is 0. The number of piperazine rings is 1. The first-order valence-corrected chi connectivity index (χ1v) is 10.4. The van der Waals surface area contributed by atoms with Gasteiger partial charge in [0.05, 0.1) is 18.2 Å². The summed E-state index contributed by atoms with van der Waals surface area (Å²) in [6, 6.07) is 9.96. The normalized spacial score (nSPS) is 14.2. The standard InChI is InChI=1S/C22H27BrN2O3/c1-5-28-21-18(23)13-17(14-20(21)27-4)22(26)25-11-9-24(10-12-25)19-8-6-7-15(2)16(19)3/h6-8,13-14H,5,9-12H2,1-4H3. The summed E-state index contributed by atoms with van der Waals surface area (Å²) in [6.45, 7) is 9.78. The highest BCUT2D eigenvalue weighted by Gasteiger charge is 2.25. The molecule has 0 atom stereocenters. The molecule has 1 heterocycles. The Balaban J connectivity index is 1.73. The highest BCUT2D eigenvalue weighted by Crippen LogP contribution is 2.37. The number of methoxy groups -OCH3 is 1. The Labute approximate surface area is 175 Å². The lowest BCUT2D eigenvalue weighted by Gasteiger charge is -2.37. The molecule has 6 heteroatoms. The molecule has 150 valence electrons. The van der Waals surface area contributed by atoms with Gasteiger partial charge in [0.25, 0.3) is 5.91 Å². The molecule has 1 saturated heterocycles. The lowest BCUT2D eigenvalue weighted by molar-refractivity contribution is 0.0746. The van der Waals surface area contributed by atoms with E-state index in [1.54, 1.807) is 13.2 Å². The van der Waals surface area contributed by atoms with Crippen LogP contribution in [0, 0.1) is 13.8 Å². The van der Waals surface area contributed by atoms with Gasteiger partial charge in [0, 0.05) is 37.4 Å². The topological polar surface area (TPSA) is 42.0 Å². The largest absolute Gasteiger partial charge is 0.493 e. The number of rotatable bonds is 5. The van der Waals surface area contributed by atoms with Crippen molar-refractivity contribution >= 4 is 27.5 Å². The van der Waals surface area contributed by atoms with Gasteiger partial charge in [0.15, 0.2) is 11.5 Å². The van der Waals surface area contributed by atoms with Crippen LogP contribution in [0.25, 0.3) is 0 Å². The molecule has 28 heavy (non-hydrogen) atoms. The van der Waals surface area contributed by atoms with Crippen molar-refractivity contribution in [3.8, 4) is 11.5 Å². The Morgan fingerprint density at radius 3 is 2.50 bits per heavy atom. The molecule has 0 spiro atoms. The molecule has 0 aliphatic carbocycles. The van der Waals surface area contributed by atoms with Gasteiger partial charge < -0.3 is 19.3 Å². The zero-order valence-electron chi connectivity index (χ0n) is 16.9. The summed E-state index contributed by atoms with van der Waals surface area (Å²) in [5.74, 6) is 1.21. The molecule has 2 aromatic rings. The van der Waals surface area contributed by atoms with Crippen molar-refractivity contribution in [2.75, 3.05) is 44.8 Å². The maximum atomic E-state index is 13.0. The van der Waals surface area contributed by atoms with E-state index in [9.17, 15) is 4.79 Å². The molecule has 0 unspecified atom stereocenters. The van der Waals surface area contributed by atoms with Crippen LogP contribution in [-0.2, 0) is 0 Å². The first-order valence-electron chi connectivity index (χ1n) is 9.57. The number of carbonyl (C=O) groups excluding carboxylic acids is 1. The summed E-state index contributed by atoms with van der Waals surface area (Å²) >= 11 is 3.50. The van der Waals surface area contributed by atoms with Crippen LogP contribution in [0.4, 0.5) is 5.69 Å². The third kappa shape index (κ3) is 4.12. The first-order chi connectivity index (χ1) is 13.5. The maximum Gasteiger partial charge on any atom is 0.254 e. The van der Waals surface area contributed by atoms with Gasteiger partial charge in [-0.2, -0.15) is 0 Å². The van der Waals surface area contributed by atoms with Crippen LogP contribution in [0.1, 0.15) is 28.4 Å². The molecule has 1 amide bonds. The number of ether oxygens (including phenoxy) is 2. The Kier molecular flexibility index (Phi) is 6.50. The van der Waals surface area contributed by atoms with Gasteiger partial charge in [-0.25, -0.2) is 0 Å². The first kappa shape index (κ1) is 20.5. The number of benzene rings is 2. The van der Waals surface area contributed by atoms with Crippen molar-refractivity contribution in [3.63, 3.8) is 0 Å². The molecular weight excluding hydrogens is 420 g/mol. The monoisotopic (exact) mass is 446 g/mol. The van der Waals surface area contributed by atoms with Gasteiger partial charge in [-0.1, -0.05) is 12.1 Å². The van der Waals surface area contributed by atoms with E-state index in [1.165, 1.54) is 16.8 Å². The lowest BCUT2D eigenvalue weighted by Crippen LogP contribution is -2.49. The van der Waals surface area contributed by atoms with Crippen LogP contribution in [-0.4, -0.2) is 50.7 Å². The Bertz CT molecular complexity index is 861. The molecule has 0 N–H and O–H groups in total. The summed E-state index contributed by atoms with van der Waals surface area (Å²) in [5, 5.41) is 0. The average molecular weight is 447 g/mol. The molecule has 0 saturated carbocycles. The fourth-order valence-corrected chi connectivity index (χ4v) is 4.10. The predicted molar refractivity (Wildman–Crippen MR) is 116 cm³/mol. The third-order valence-electron chi connectivity index (χ3n) is 5.25. The minimum atomic E-state index is 0.0164. The fourth-order valence-electron chi connectivity index (χ4n) is 3.54. The van der Waals surface area contributed by atoms with E-state index in [4.69, 9.17) is 9.47 Å². The summed E-state index contributed by atoms with van der Waals surface area (Å²) < 4.78 is 11.8. The van der Waals surface area contributed by atoms with Gasteiger partial charge in [0.2, 0.25) is 0 Å². The molecule has 1 aliphatic heterocycles. The Morgan fingerprint density at radius 2 is 1.86 bits per heavy atom. The van der Waals surface area contributed by atoms with Gasteiger partial charge in [0.1, 0.15) is 0 Å². The van der Waals surface area contributed by atoms with Crippen molar-refractivity contribution in [1.29, 1.82) is 0 Å². The molecule has 0 bridgehead atoms. The number of nitrogens with zero attached hydrogens (tertiary/aromatic N) is 2. The zero-order chi connectivity index (χ0) is 20.3. The maximum absolute atomic E-state index is 13.0. The van der Waals surface area contributed by atoms with Crippen molar-refractivity contribution in [1.82, 2.24) is 4.90 Å². The van der Waals surface area contributed by atoms with Crippen molar-refractivity contribution in [2.24, 2.45) is 0 Å². The van der Waals surface area contributed by atoms with E-state index in [0.29, 0.717) is 36.8 Å². The molecule has 5 nitrogen and oxygen atoms in total. The van der Waals surface area contributed by atoms with E-state index in [1.807, 2.05) is 17.9 Å². The summed E-state index contributed by atoms with van der Waals surface area (Å²) in [4.78, 5) is 17.3. The third-order valence-corrected chi connectivity index (χ3v) is 5.84. The number of hydrogen-bond donors (Lipinski definition) is 0. The van der Waals surface area contributed by atoms with E-state index in [2.05, 4.69) is 52.9 Å². The van der Waals surface area contributed by atoms with Gasteiger partial charge in [-0.15, -0.1) is 0 Å². The molecule has 2 aromatic carbocycles. The number of anilines is 1. The van der Waals surface area contributed by atoms with Crippen LogP contribution < -0.4 is 14.4 Å². The number of hydrogen-bond acceptors (Lipinski definition) is 4. The second kappa shape index (κ2) is 8.86. The van der Waals surface area contributed by atoms with Crippen molar-refractivity contribution in [3.05, 3.63) is 51.5 Å². The predicted octanol–water partition coefficient (Wildman–Crippen LogP) is 4.44. The molecule has 0 radical (unpaired) electrons. The molecule has 1 fully saturated rings. The second-order valence-electron chi connectivity index (χ2n) is 6.92. The van der Waals surface area contributed by atoms with E-state index in [0.717, 1.165) is 17.6 Å². The van der Waals surface area contributed by atoms with Crippen LogP contribution in [0.3, 0.4) is 0 Å². The van der Waals surface area contributed by atoms with Crippen LogP contribution >= 0.6 is 15.9 Å². The molecular formula is C22H27BrN2O3. The second-order valence-corrected chi connectivity index (χ2v) is 7.78. The fraction of sp³-hybridized carbons (Fsp3) is 0.409. The van der Waals surface area contributed by atoms with Gasteiger partial charge >= 0.3 is 0 Å². The van der Waals surface area contributed by atoms with Crippen LogP contribution in [0.5, 0.6) is 11.5 Å². The molecule has 3 rings (SSSR count). The molecule has 0 aromatic heterocycles. The highest BCUT2D eigenvalue weighted by molar-refractivity contribution is 9.10. The smallest absolute Gasteiger partial charge is 0.254 e. The summed E-state index contributed by atoms with van der Waals surface area (Å²) in [5.41, 5.74) is 4.47. The van der Waals surface area contributed by atoms with Gasteiger partial charge in [-0.05, 0) is 66.0 Å². The number of carbonyl (C=O) groups is 1. The van der Waals surface area contributed by atoms with E-state index >= 15 is 0 Å². The average Bonchev–Trinajstić information content (AvgIpc) is 2.71. The lowest BCUT2D eigenvalue weighted by atomic mass is 10.1. The number of aryl methyl sites for hydroxylation is 1. The highest BCUT2D eigenvalue weighted by atomic mass is 79.9. The minimum absolute atomic E-state index is 0.0164. The molecule has 1 aliphatic rings. The number of halogens is 1. The Morgan fingerprint density at radius 1 is 1.14 bits per heavy atom. The van der Waals surface area contributed by atoms with Crippen LogP contribution in [0.2, 0.25) is 0 Å². The number of amides is 1. The van der Waals surface area contributed by atoms with Gasteiger partial charge in [-0.3, -0.25) is 4.79 Å².